The molecule has 0 radical (unpaired) electrons. The first-order valence-electron chi connectivity index (χ1n) is 7.27. The Labute approximate surface area is 133 Å². The van der Waals surface area contributed by atoms with Gasteiger partial charge in [-0.2, -0.15) is 14.6 Å². The number of hydrogen-bond donors (Lipinski definition) is 2. The molecule has 1 aromatic carbocycles. The van der Waals surface area contributed by atoms with Crippen LogP contribution in [0.5, 0.6) is 0 Å². The number of nitrogens with zero attached hydrogens (tertiary/aromatic N) is 4. The van der Waals surface area contributed by atoms with Gasteiger partial charge in [0.15, 0.2) is 0 Å². The number of nitrogens with two attached hydrogens (primary N) is 1. The molecule has 3 rings (SSSR count). The minimum absolute atomic E-state index is 0.364. The van der Waals surface area contributed by atoms with E-state index in [1.54, 1.807) is 18.4 Å². The maximum absolute atomic E-state index is 11.5. The van der Waals surface area contributed by atoms with E-state index >= 15 is 0 Å². The molecule has 7 heteroatoms. The van der Waals surface area contributed by atoms with Gasteiger partial charge in [0.05, 0.1) is 11.1 Å². The quantitative estimate of drug-likeness (QED) is 0.747. The summed E-state index contributed by atoms with van der Waals surface area (Å²) < 4.78 is 1.60. The van der Waals surface area contributed by atoms with E-state index in [1.165, 1.54) is 6.33 Å². The molecule has 0 bridgehead atoms. The van der Waals surface area contributed by atoms with Crippen molar-refractivity contribution < 1.29 is 4.79 Å². The number of carbonyl (C=O) groups excluding carboxylic acids is 1. The number of amides is 1. The molecule has 0 aliphatic heterocycles. The van der Waals surface area contributed by atoms with E-state index in [4.69, 9.17) is 5.73 Å². The number of fused-ring (bicyclic) bond motifs is 1. The molecule has 1 amide bonds. The fourth-order valence-electron chi connectivity index (χ4n) is 2.09. The standard InChI is InChI=1S/C16H18N6O/c1-16(2,14(17)23)9-18-13-8-12(11-6-4-3-5-7-11)21-15-19-10-20-22(13)15/h3-8,10,18H,9H2,1-2H3,(H2,17,23). The zero-order valence-corrected chi connectivity index (χ0v) is 13.0. The van der Waals surface area contributed by atoms with Gasteiger partial charge in [-0.1, -0.05) is 30.3 Å². The third kappa shape index (κ3) is 2.98. The van der Waals surface area contributed by atoms with Crippen LogP contribution in [0.2, 0.25) is 0 Å². The number of carbonyl (C=O) groups is 1. The molecule has 0 aliphatic rings. The average Bonchev–Trinajstić information content (AvgIpc) is 3.02. The highest BCUT2D eigenvalue weighted by Gasteiger charge is 2.25. The predicted octanol–water partition coefficient (Wildman–Crippen LogP) is 1.71. The smallest absolute Gasteiger partial charge is 0.254 e. The van der Waals surface area contributed by atoms with E-state index in [1.807, 2.05) is 36.4 Å². The molecule has 0 atom stereocenters. The molecule has 0 saturated heterocycles. The lowest BCUT2D eigenvalue weighted by Gasteiger charge is -2.21. The summed E-state index contributed by atoms with van der Waals surface area (Å²) in [5.41, 5.74) is 6.51. The molecule has 0 fully saturated rings. The van der Waals surface area contributed by atoms with Crippen LogP contribution in [0.4, 0.5) is 5.82 Å². The molecule has 3 aromatic rings. The van der Waals surface area contributed by atoms with Crippen molar-refractivity contribution in [1.29, 1.82) is 0 Å². The molecule has 0 spiro atoms. The predicted molar refractivity (Wildman–Crippen MR) is 87.7 cm³/mol. The summed E-state index contributed by atoms with van der Waals surface area (Å²) >= 11 is 0. The molecule has 2 heterocycles. The van der Waals surface area contributed by atoms with Crippen LogP contribution < -0.4 is 11.1 Å². The SMILES string of the molecule is CC(C)(CNc1cc(-c2ccccc2)nc2ncnn12)C(N)=O. The fourth-order valence-corrected chi connectivity index (χ4v) is 2.09. The topological polar surface area (TPSA) is 98.2 Å². The molecule has 2 aromatic heterocycles. The summed E-state index contributed by atoms with van der Waals surface area (Å²) in [6, 6.07) is 11.7. The Morgan fingerprint density at radius 1 is 1.30 bits per heavy atom. The van der Waals surface area contributed by atoms with Gasteiger partial charge in [0.25, 0.3) is 5.78 Å². The first kappa shape index (κ1) is 15.0. The van der Waals surface area contributed by atoms with E-state index in [0.717, 1.165) is 11.3 Å². The van der Waals surface area contributed by atoms with Gasteiger partial charge in [-0.05, 0) is 13.8 Å². The van der Waals surface area contributed by atoms with Crippen molar-refractivity contribution in [2.45, 2.75) is 13.8 Å². The molecular formula is C16H18N6O. The van der Waals surface area contributed by atoms with E-state index in [2.05, 4.69) is 20.4 Å². The molecule has 23 heavy (non-hydrogen) atoms. The van der Waals surface area contributed by atoms with Crippen LogP contribution in [0.1, 0.15) is 13.8 Å². The monoisotopic (exact) mass is 310 g/mol. The Morgan fingerprint density at radius 2 is 2.04 bits per heavy atom. The molecular weight excluding hydrogens is 292 g/mol. The number of anilines is 1. The van der Waals surface area contributed by atoms with Crippen LogP contribution in [-0.2, 0) is 4.79 Å². The normalized spacial score (nSPS) is 11.6. The van der Waals surface area contributed by atoms with Gasteiger partial charge in [-0.25, -0.2) is 4.98 Å². The third-order valence-electron chi connectivity index (χ3n) is 3.70. The fraction of sp³-hybridized carbons (Fsp3) is 0.250. The van der Waals surface area contributed by atoms with Gasteiger partial charge in [0, 0.05) is 18.2 Å². The molecule has 0 aliphatic carbocycles. The number of rotatable bonds is 5. The third-order valence-corrected chi connectivity index (χ3v) is 3.70. The summed E-state index contributed by atoms with van der Waals surface area (Å²) in [7, 11) is 0. The maximum atomic E-state index is 11.5. The van der Waals surface area contributed by atoms with E-state index in [0.29, 0.717) is 18.1 Å². The first-order valence-corrected chi connectivity index (χ1v) is 7.27. The summed E-state index contributed by atoms with van der Waals surface area (Å²) in [4.78, 5) is 20.1. The van der Waals surface area contributed by atoms with Crippen LogP contribution in [-0.4, -0.2) is 32.0 Å². The zero-order valence-electron chi connectivity index (χ0n) is 13.0. The summed E-state index contributed by atoms with van der Waals surface area (Å²) in [6.07, 6.45) is 1.45. The number of hydrogen-bond acceptors (Lipinski definition) is 5. The number of primary amides is 1. The van der Waals surface area contributed by atoms with Crippen molar-refractivity contribution >= 4 is 17.5 Å². The molecule has 7 nitrogen and oxygen atoms in total. The molecule has 3 N–H and O–H groups in total. The summed E-state index contributed by atoms with van der Waals surface area (Å²) in [6.45, 7) is 3.97. The number of benzene rings is 1. The average molecular weight is 310 g/mol. The number of nitrogens with one attached hydrogen (secondary N) is 1. The van der Waals surface area contributed by atoms with Crippen molar-refractivity contribution in [3.05, 3.63) is 42.7 Å². The second-order valence-corrected chi connectivity index (χ2v) is 5.97. The first-order chi connectivity index (χ1) is 11.0. The highest BCUT2D eigenvalue weighted by Crippen LogP contribution is 2.22. The summed E-state index contributed by atoms with van der Waals surface area (Å²) in [5, 5.41) is 7.39. The van der Waals surface area contributed by atoms with E-state index < -0.39 is 5.41 Å². The lowest BCUT2D eigenvalue weighted by atomic mass is 9.93. The van der Waals surface area contributed by atoms with E-state index in [-0.39, 0.29) is 5.91 Å². The van der Waals surface area contributed by atoms with Crippen molar-refractivity contribution in [1.82, 2.24) is 19.6 Å². The zero-order chi connectivity index (χ0) is 16.4. The van der Waals surface area contributed by atoms with Gasteiger partial charge in [-0.3, -0.25) is 4.79 Å². The van der Waals surface area contributed by atoms with Crippen LogP contribution in [0, 0.1) is 5.41 Å². The van der Waals surface area contributed by atoms with Gasteiger partial charge >= 0.3 is 0 Å². The van der Waals surface area contributed by atoms with Crippen LogP contribution in [0.25, 0.3) is 17.0 Å². The Morgan fingerprint density at radius 3 is 2.74 bits per heavy atom. The van der Waals surface area contributed by atoms with Gasteiger partial charge in [0.2, 0.25) is 5.91 Å². The Hall–Kier alpha value is -2.96. The molecule has 0 saturated carbocycles. The van der Waals surface area contributed by atoms with Crippen molar-refractivity contribution in [2.75, 3.05) is 11.9 Å². The van der Waals surface area contributed by atoms with E-state index in [9.17, 15) is 4.79 Å². The van der Waals surface area contributed by atoms with Crippen molar-refractivity contribution in [3.8, 4) is 11.3 Å². The largest absolute Gasteiger partial charge is 0.369 e. The Kier molecular flexibility index (Phi) is 3.69. The Balaban J connectivity index is 1.99. The minimum atomic E-state index is -0.677. The van der Waals surface area contributed by atoms with Gasteiger partial charge < -0.3 is 11.1 Å². The van der Waals surface area contributed by atoms with Crippen LogP contribution in [0.15, 0.2) is 42.7 Å². The van der Waals surface area contributed by atoms with Crippen LogP contribution in [0.3, 0.4) is 0 Å². The minimum Gasteiger partial charge on any atom is -0.369 e. The van der Waals surface area contributed by atoms with Crippen molar-refractivity contribution in [2.24, 2.45) is 11.1 Å². The lowest BCUT2D eigenvalue weighted by Crippen LogP contribution is -2.37. The second kappa shape index (κ2) is 5.68. The molecule has 118 valence electrons. The maximum Gasteiger partial charge on any atom is 0.254 e. The van der Waals surface area contributed by atoms with Gasteiger partial charge in [0.1, 0.15) is 12.1 Å². The Bertz CT molecular complexity index is 840. The highest BCUT2D eigenvalue weighted by molar-refractivity contribution is 5.80. The lowest BCUT2D eigenvalue weighted by molar-refractivity contribution is -0.125. The van der Waals surface area contributed by atoms with Crippen molar-refractivity contribution in [3.63, 3.8) is 0 Å². The highest BCUT2D eigenvalue weighted by atomic mass is 16.1. The number of aromatic nitrogens is 4. The summed E-state index contributed by atoms with van der Waals surface area (Å²) in [5.74, 6) is 0.837. The van der Waals surface area contributed by atoms with Gasteiger partial charge in [-0.15, -0.1) is 0 Å². The second-order valence-electron chi connectivity index (χ2n) is 5.97. The molecule has 0 unspecified atom stereocenters. The van der Waals surface area contributed by atoms with Crippen LogP contribution >= 0.6 is 0 Å².